The molecule has 8 aromatic heterocycles. The SMILES string of the molecule is NCc1ccc2cnc(C(F)(F)F)n2c1.O=C(NCc1ccc2cnc(C(F)(F)F)n2c1)c1ccnc(Cc2ccc3ncc(Cl)cc3c2)c1.O=C(O)c1ccnc(Cc2ccc3ncc(Cl)cc3c2)c1.[2H]CF. The highest BCUT2D eigenvalue weighted by Crippen LogP contribution is 2.30. The van der Waals surface area contributed by atoms with E-state index in [4.69, 9.17) is 35.4 Å². The molecule has 2 aromatic carbocycles. The monoisotopic (exact) mass is 1040 g/mol. The maximum absolute atomic E-state index is 13.1. The number of halogens is 9. The number of alkyl halides is 7. The van der Waals surface area contributed by atoms with Crippen molar-refractivity contribution < 1.29 is 46.8 Å². The molecular weight excluding hydrogens is 1000 g/mol. The van der Waals surface area contributed by atoms with E-state index in [9.17, 15) is 40.3 Å². The van der Waals surface area contributed by atoms with E-state index in [2.05, 4.69) is 35.2 Å². The van der Waals surface area contributed by atoms with Crippen LogP contribution in [0.15, 0.2) is 147 Å². The molecule has 0 saturated carbocycles. The number of nitrogens with zero attached hydrogens (tertiary/aromatic N) is 8. The lowest BCUT2D eigenvalue weighted by Crippen LogP contribution is -2.23. The Bertz CT molecular complexity index is 3610. The van der Waals surface area contributed by atoms with Gasteiger partial charge in [-0.1, -0.05) is 47.5 Å². The van der Waals surface area contributed by atoms with Gasteiger partial charge in [0.1, 0.15) is 0 Å². The van der Waals surface area contributed by atoms with Crippen molar-refractivity contribution in [2.75, 3.05) is 7.15 Å². The molecule has 0 saturated heterocycles. The Morgan fingerprint density at radius 2 is 1.07 bits per heavy atom. The van der Waals surface area contributed by atoms with Gasteiger partial charge >= 0.3 is 18.3 Å². The zero-order valence-corrected chi connectivity index (χ0v) is 39.2. The molecule has 8 heterocycles. The fourth-order valence-electron chi connectivity index (χ4n) is 7.37. The maximum atomic E-state index is 13.1. The Labute approximate surface area is 421 Å². The van der Waals surface area contributed by atoms with E-state index in [1.807, 2.05) is 48.5 Å². The third-order valence-electron chi connectivity index (χ3n) is 10.7. The minimum Gasteiger partial charge on any atom is -0.478 e. The molecule has 10 aromatic rings. The van der Waals surface area contributed by atoms with Crippen LogP contribution >= 0.6 is 23.2 Å². The van der Waals surface area contributed by atoms with E-state index >= 15 is 0 Å². The highest BCUT2D eigenvalue weighted by Gasteiger charge is 2.36. The van der Waals surface area contributed by atoms with Gasteiger partial charge in [0.25, 0.3) is 5.91 Å². The molecule has 0 aliphatic rings. The molecule has 13 nitrogen and oxygen atoms in total. The first-order valence-electron chi connectivity index (χ1n) is 22.1. The number of pyridine rings is 6. The highest BCUT2D eigenvalue weighted by molar-refractivity contribution is 6.31. The maximum Gasteiger partial charge on any atom is 0.450 e. The number of carbonyl (C=O) groups excluding carboxylic acids is 1. The number of carboxylic acid groups (broad SMARTS) is 1. The molecule has 0 aliphatic heterocycles. The predicted molar refractivity (Wildman–Crippen MR) is 261 cm³/mol. The fourth-order valence-corrected chi connectivity index (χ4v) is 7.70. The fraction of sp³-hybridized carbons (Fsp3) is 0.137. The van der Waals surface area contributed by atoms with Gasteiger partial charge in [-0.05, 0) is 95.1 Å². The number of nitrogens with one attached hydrogen (secondary N) is 1. The number of amides is 1. The molecule has 0 bridgehead atoms. The second-order valence-electron chi connectivity index (χ2n) is 15.8. The lowest BCUT2D eigenvalue weighted by Gasteiger charge is -2.09. The number of aromatic nitrogens is 8. The summed E-state index contributed by atoms with van der Waals surface area (Å²) in [7, 11) is -1.00. The van der Waals surface area contributed by atoms with E-state index in [0.29, 0.717) is 62.0 Å². The van der Waals surface area contributed by atoms with Crippen LogP contribution in [-0.2, 0) is 38.3 Å². The van der Waals surface area contributed by atoms with Crippen LogP contribution in [0.5, 0.6) is 0 Å². The van der Waals surface area contributed by atoms with Crippen LogP contribution in [0.2, 0.25) is 10.0 Å². The van der Waals surface area contributed by atoms with Crippen molar-refractivity contribution >= 4 is 67.9 Å². The number of hydrogen-bond acceptors (Lipinski definition) is 9. The van der Waals surface area contributed by atoms with Gasteiger partial charge in [0, 0.05) is 90.8 Å². The van der Waals surface area contributed by atoms with Gasteiger partial charge in [-0.3, -0.25) is 37.9 Å². The average molecular weight is 1040 g/mol. The molecule has 374 valence electrons. The van der Waals surface area contributed by atoms with Crippen molar-refractivity contribution in [1.82, 2.24) is 44.0 Å². The zero-order chi connectivity index (χ0) is 53.2. The number of carboxylic acids is 1. The summed E-state index contributed by atoms with van der Waals surface area (Å²) >= 11 is 12.0. The summed E-state index contributed by atoms with van der Waals surface area (Å²) in [6.07, 6.45) is 3.33. The van der Waals surface area contributed by atoms with Crippen molar-refractivity contribution in [2.24, 2.45) is 5.73 Å². The molecule has 10 rings (SSSR count). The first-order chi connectivity index (χ1) is 35.3. The number of rotatable bonds is 9. The summed E-state index contributed by atoms with van der Waals surface area (Å²) in [5, 5.41) is 14.7. The molecule has 0 unspecified atom stereocenters. The van der Waals surface area contributed by atoms with Gasteiger partial charge < -0.3 is 16.2 Å². The predicted octanol–water partition coefficient (Wildman–Crippen LogP) is 11.4. The van der Waals surface area contributed by atoms with Crippen LogP contribution in [0.4, 0.5) is 30.7 Å². The minimum atomic E-state index is -4.57. The summed E-state index contributed by atoms with van der Waals surface area (Å²) in [6, 6.07) is 28.1. The first-order valence-corrected chi connectivity index (χ1v) is 22.2. The number of fused-ring (bicyclic) bond motifs is 4. The van der Waals surface area contributed by atoms with Gasteiger partial charge in [0.05, 0.1) is 58.6 Å². The quantitative estimate of drug-likeness (QED) is 0.118. The van der Waals surface area contributed by atoms with E-state index in [-0.39, 0.29) is 24.6 Å². The summed E-state index contributed by atoms with van der Waals surface area (Å²) in [5.41, 5.74) is 13.0. The molecule has 73 heavy (non-hydrogen) atoms. The molecule has 0 aliphatic carbocycles. The van der Waals surface area contributed by atoms with Crippen molar-refractivity contribution in [3.63, 3.8) is 0 Å². The summed E-state index contributed by atoms with van der Waals surface area (Å²) in [4.78, 5) is 47.6. The lowest BCUT2D eigenvalue weighted by molar-refractivity contribution is -0.146. The average Bonchev–Trinajstić information content (AvgIpc) is 4.01. The number of hydrogen-bond donors (Lipinski definition) is 3. The zero-order valence-electron chi connectivity index (χ0n) is 38.7. The van der Waals surface area contributed by atoms with Gasteiger partial charge in [0.15, 0.2) is 0 Å². The van der Waals surface area contributed by atoms with E-state index < -0.39 is 37.1 Å². The van der Waals surface area contributed by atoms with Crippen molar-refractivity contribution in [3.05, 3.63) is 213 Å². The van der Waals surface area contributed by atoms with E-state index in [0.717, 1.165) is 47.9 Å². The van der Waals surface area contributed by atoms with Crippen molar-refractivity contribution in [2.45, 2.75) is 38.3 Å². The topological polar surface area (TPSA) is 179 Å². The van der Waals surface area contributed by atoms with Crippen LogP contribution < -0.4 is 11.1 Å². The Kier molecular flexibility index (Phi) is 16.2. The van der Waals surface area contributed by atoms with Crippen LogP contribution in [0, 0.1) is 0 Å². The van der Waals surface area contributed by atoms with Gasteiger partial charge in [-0.25, -0.2) is 14.8 Å². The third-order valence-corrected chi connectivity index (χ3v) is 11.1. The molecule has 4 N–H and O–H groups in total. The van der Waals surface area contributed by atoms with Crippen molar-refractivity contribution in [1.29, 1.82) is 0 Å². The van der Waals surface area contributed by atoms with Crippen LogP contribution in [0.1, 0.15) is 67.4 Å². The van der Waals surface area contributed by atoms with Crippen molar-refractivity contribution in [3.8, 4) is 0 Å². The Morgan fingerprint density at radius 3 is 1.55 bits per heavy atom. The lowest BCUT2D eigenvalue weighted by atomic mass is 10.0. The smallest absolute Gasteiger partial charge is 0.450 e. The molecule has 1 amide bonds. The normalized spacial score (nSPS) is 11.5. The summed E-state index contributed by atoms with van der Waals surface area (Å²) in [5.74, 6) is -3.24. The minimum absolute atomic E-state index is 0.0559. The first kappa shape index (κ1) is 51.3. The van der Waals surface area contributed by atoms with Gasteiger partial charge in [-0.2, -0.15) is 26.3 Å². The van der Waals surface area contributed by atoms with Crippen LogP contribution in [-0.4, -0.2) is 62.8 Å². The van der Waals surface area contributed by atoms with Crippen LogP contribution in [0.25, 0.3) is 32.8 Å². The van der Waals surface area contributed by atoms with E-state index in [1.165, 1.54) is 36.9 Å². The number of imidazole rings is 2. The second kappa shape index (κ2) is 23.0. The third kappa shape index (κ3) is 13.5. The molecule has 0 radical (unpaired) electrons. The standard InChI is InChI=1S/C25H17ClF3N5O.C16H11ClN2O2.C9H8F3N3.CH3F/c26-19-9-18-7-15(2-4-22(18)31-12-19)8-20-10-17(5-6-30-20)23(35)32-11-16-1-3-21-13-33-24(25(27,28)29)34(21)14-16;17-13-7-12-5-10(1-2-15(12)19-9-13)6-14-8-11(16(20)21)3-4-18-14;10-9(11,12)8-14-4-7-2-1-6(3-13)5-15(7)8;1-2/h1-7,9-10,12-14H,8,11H2,(H,32,35);1-5,7-9H,6H2,(H,20,21);1-2,4-5H,3,13H2;1H3/i;;;1D. The number of carbonyl (C=O) groups is 2. The number of aromatic carboxylic acids is 1. The summed E-state index contributed by atoms with van der Waals surface area (Å²) < 4.78 is 94.3. The highest BCUT2D eigenvalue weighted by atomic mass is 35.5. The van der Waals surface area contributed by atoms with E-state index in [1.54, 1.807) is 55.0 Å². The summed E-state index contributed by atoms with van der Waals surface area (Å²) in [6.45, 7) is 0.256. The number of nitrogens with two attached hydrogens (primary N) is 1. The Hall–Kier alpha value is -8.07. The Balaban J connectivity index is 0.000000173. The molecular formula is C51H39Cl2F7N10O3. The molecule has 0 atom stereocenters. The van der Waals surface area contributed by atoms with Crippen LogP contribution in [0.3, 0.4) is 0 Å². The molecule has 0 spiro atoms. The largest absolute Gasteiger partial charge is 0.478 e. The molecule has 0 fully saturated rings. The Morgan fingerprint density at radius 1 is 0.616 bits per heavy atom. The molecule has 22 heteroatoms. The second-order valence-corrected chi connectivity index (χ2v) is 16.7. The van der Waals surface area contributed by atoms with Gasteiger partial charge in [-0.15, -0.1) is 0 Å². The van der Waals surface area contributed by atoms with Gasteiger partial charge in [0.2, 0.25) is 11.6 Å². The number of benzene rings is 2.